The lowest BCUT2D eigenvalue weighted by Crippen LogP contribution is -2.28. The van der Waals surface area contributed by atoms with Crippen molar-refractivity contribution in [2.75, 3.05) is 18.0 Å². The van der Waals surface area contributed by atoms with Crippen LogP contribution in [0.15, 0.2) is 5.38 Å². The second-order valence-electron chi connectivity index (χ2n) is 5.40. The third-order valence-corrected chi connectivity index (χ3v) is 3.53. The van der Waals surface area contributed by atoms with Crippen molar-refractivity contribution in [2.24, 2.45) is 5.92 Å². The van der Waals surface area contributed by atoms with Gasteiger partial charge in [0.1, 0.15) is 0 Å². The molecule has 0 aromatic carbocycles. The summed E-state index contributed by atoms with van der Waals surface area (Å²) in [7, 11) is 0. The molecule has 5 heteroatoms. The van der Waals surface area contributed by atoms with Gasteiger partial charge in [-0.15, -0.1) is 11.3 Å². The summed E-state index contributed by atoms with van der Waals surface area (Å²) in [6, 6.07) is 2.68. The summed E-state index contributed by atoms with van der Waals surface area (Å²) in [5.41, 5.74) is 1.08. The van der Waals surface area contributed by atoms with Crippen molar-refractivity contribution in [1.29, 1.82) is 5.26 Å². The molecule has 0 saturated heterocycles. The Labute approximate surface area is 120 Å². The highest BCUT2D eigenvalue weighted by Crippen LogP contribution is 2.21. The Bertz CT molecular complexity index is 406. The molecule has 106 valence electrons. The van der Waals surface area contributed by atoms with Gasteiger partial charge in [0.25, 0.3) is 0 Å². The first-order valence-corrected chi connectivity index (χ1v) is 7.70. The zero-order valence-electron chi connectivity index (χ0n) is 12.3. The number of aromatic nitrogens is 1. The van der Waals surface area contributed by atoms with Crippen LogP contribution < -0.4 is 10.2 Å². The number of nitriles is 1. The molecule has 0 radical (unpaired) electrons. The molecular weight excluding hydrogens is 256 g/mol. The number of nitrogens with one attached hydrogen (secondary N) is 1. The molecule has 0 atom stereocenters. The molecule has 0 amide bonds. The van der Waals surface area contributed by atoms with Gasteiger partial charge in [-0.2, -0.15) is 5.26 Å². The Hall–Kier alpha value is -1.12. The maximum Gasteiger partial charge on any atom is 0.185 e. The third-order valence-electron chi connectivity index (χ3n) is 2.58. The molecule has 0 saturated carbocycles. The fourth-order valence-corrected chi connectivity index (χ4v) is 2.58. The fraction of sp³-hybridized carbons (Fsp3) is 0.714. The van der Waals surface area contributed by atoms with E-state index < -0.39 is 0 Å². The quantitative estimate of drug-likeness (QED) is 0.795. The fourth-order valence-electron chi connectivity index (χ4n) is 1.72. The van der Waals surface area contributed by atoms with E-state index in [2.05, 4.69) is 54.3 Å². The predicted octanol–water partition coefficient (Wildman–Crippen LogP) is 3.02. The molecule has 1 rings (SSSR count). The summed E-state index contributed by atoms with van der Waals surface area (Å²) in [4.78, 5) is 6.88. The lowest BCUT2D eigenvalue weighted by molar-refractivity contribution is 0.580. The van der Waals surface area contributed by atoms with Gasteiger partial charge >= 0.3 is 0 Å². The molecular formula is C14H24N4S. The summed E-state index contributed by atoms with van der Waals surface area (Å²) in [6.45, 7) is 11.2. The number of anilines is 1. The van der Waals surface area contributed by atoms with Crippen LogP contribution in [-0.4, -0.2) is 24.1 Å². The Morgan fingerprint density at radius 2 is 2.16 bits per heavy atom. The summed E-state index contributed by atoms with van der Waals surface area (Å²) in [5, 5.41) is 15.2. The molecule has 0 spiro atoms. The van der Waals surface area contributed by atoms with E-state index >= 15 is 0 Å². The highest BCUT2D eigenvalue weighted by Gasteiger charge is 2.12. The number of hydrogen-bond donors (Lipinski definition) is 1. The van der Waals surface area contributed by atoms with Crippen LogP contribution in [0, 0.1) is 17.2 Å². The van der Waals surface area contributed by atoms with Crippen molar-refractivity contribution < 1.29 is 0 Å². The predicted molar refractivity (Wildman–Crippen MR) is 81.4 cm³/mol. The van der Waals surface area contributed by atoms with Gasteiger partial charge in [-0.3, -0.25) is 0 Å². The molecule has 19 heavy (non-hydrogen) atoms. The summed E-state index contributed by atoms with van der Waals surface area (Å²) < 4.78 is 0. The lowest BCUT2D eigenvalue weighted by Gasteiger charge is -2.22. The van der Waals surface area contributed by atoms with E-state index in [1.807, 2.05) is 0 Å². The van der Waals surface area contributed by atoms with E-state index in [-0.39, 0.29) is 0 Å². The molecule has 1 aromatic heterocycles. The average Bonchev–Trinajstić information content (AvgIpc) is 2.80. The highest BCUT2D eigenvalue weighted by molar-refractivity contribution is 7.13. The van der Waals surface area contributed by atoms with E-state index in [0.29, 0.717) is 18.4 Å². The van der Waals surface area contributed by atoms with Crippen molar-refractivity contribution >= 4 is 16.5 Å². The van der Waals surface area contributed by atoms with Gasteiger partial charge in [0, 0.05) is 31.1 Å². The molecule has 0 aliphatic rings. The second kappa shape index (κ2) is 8.13. The van der Waals surface area contributed by atoms with E-state index in [1.165, 1.54) is 0 Å². The molecule has 1 heterocycles. The van der Waals surface area contributed by atoms with Crippen LogP contribution >= 0.6 is 11.3 Å². The van der Waals surface area contributed by atoms with E-state index in [0.717, 1.165) is 30.5 Å². The topological polar surface area (TPSA) is 52.0 Å². The van der Waals surface area contributed by atoms with Crippen molar-refractivity contribution in [3.8, 4) is 6.07 Å². The number of nitrogens with zero attached hydrogens (tertiary/aromatic N) is 3. The van der Waals surface area contributed by atoms with Crippen LogP contribution in [0.25, 0.3) is 0 Å². The van der Waals surface area contributed by atoms with Crippen LogP contribution in [-0.2, 0) is 6.54 Å². The van der Waals surface area contributed by atoms with Crippen molar-refractivity contribution in [2.45, 2.75) is 46.7 Å². The number of rotatable bonds is 8. The lowest BCUT2D eigenvalue weighted by atomic mass is 10.2. The minimum absolute atomic E-state index is 0.468. The van der Waals surface area contributed by atoms with E-state index in [1.54, 1.807) is 11.3 Å². The number of thiazole rings is 1. The second-order valence-corrected chi connectivity index (χ2v) is 6.24. The van der Waals surface area contributed by atoms with Crippen LogP contribution in [0.5, 0.6) is 0 Å². The van der Waals surface area contributed by atoms with Crippen molar-refractivity contribution in [1.82, 2.24) is 10.3 Å². The van der Waals surface area contributed by atoms with Gasteiger partial charge in [0.15, 0.2) is 5.13 Å². The van der Waals surface area contributed by atoms with Crippen LogP contribution in [0.2, 0.25) is 0 Å². The number of hydrogen-bond acceptors (Lipinski definition) is 5. The van der Waals surface area contributed by atoms with E-state index in [9.17, 15) is 0 Å². The Morgan fingerprint density at radius 3 is 2.74 bits per heavy atom. The summed E-state index contributed by atoms with van der Waals surface area (Å²) in [5.74, 6) is 0.569. The largest absolute Gasteiger partial charge is 0.347 e. The monoisotopic (exact) mass is 280 g/mol. The van der Waals surface area contributed by atoms with Crippen LogP contribution in [0.1, 0.15) is 39.8 Å². The van der Waals surface area contributed by atoms with Crippen molar-refractivity contribution in [3.63, 3.8) is 0 Å². The van der Waals surface area contributed by atoms with Crippen LogP contribution in [0.4, 0.5) is 5.13 Å². The van der Waals surface area contributed by atoms with Gasteiger partial charge in [-0.25, -0.2) is 4.98 Å². The summed E-state index contributed by atoms with van der Waals surface area (Å²) >= 11 is 1.67. The first kappa shape index (κ1) is 15.9. The first-order chi connectivity index (χ1) is 9.02. The average molecular weight is 280 g/mol. The molecule has 0 aliphatic heterocycles. The zero-order valence-corrected chi connectivity index (χ0v) is 13.1. The first-order valence-electron chi connectivity index (χ1n) is 6.82. The third kappa shape index (κ3) is 6.04. The Kier molecular flexibility index (Phi) is 6.82. The van der Waals surface area contributed by atoms with Crippen molar-refractivity contribution in [3.05, 3.63) is 11.1 Å². The zero-order chi connectivity index (χ0) is 14.3. The van der Waals surface area contributed by atoms with E-state index in [4.69, 9.17) is 5.26 Å². The highest BCUT2D eigenvalue weighted by atomic mass is 32.1. The molecule has 0 bridgehead atoms. The Morgan fingerprint density at radius 1 is 1.42 bits per heavy atom. The van der Waals surface area contributed by atoms with Gasteiger partial charge in [-0.1, -0.05) is 27.7 Å². The minimum Gasteiger partial charge on any atom is -0.347 e. The SMILES string of the molecule is CC(C)CN(CCC#N)c1nc(CNC(C)C)cs1. The smallest absolute Gasteiger partial charge is 0.185 e. The molecule has 0 aliphatic carbocycles. The van der Waals surface area contributed by atoms with Gasteiger partial charge < -0.3 is 10.2 Å². The molecule has 1 aromatic rings. The molecule has 0 fully saturated rings. The standard InChI is InChI=1S/C14H24N4S/c1-11(2)9-18(7-5-6-15)14-17-13(10-19-14)8-16-12(3)4/h10-12,16H,5,7-9H2,1-4H3. The van der Waals surface area contributed by atoms with Crippen LogP contribution in [0.3, 0.4) is 0 Å². The maximum absolute atomic E-state index is 8.74. The minimum atomic E-state index is 0.468. The summed E-state index contributed by atoms with van der Waals surface area (Å²) in [6.07, 6.45) is 0.547. The van der Waals surface area contributed by atoms with Gasteiger partial charge in [0.2, 0.25) is 0 Å². The van der Waals surface area contributed by atoms with Gasteiger partial charge in [-0.05, 0) is 5.92 Å². The normalized spacial score (nSPS) is 11.0. The molecule has 1 N–H and O–H groups in total. The Balaban J connectivity index is 2.65. The molecule has 4 nitrogen and oxygen atoms in total. The van der Waals surface area contributed by atoms with Gasteiger partial charge in [0.05, 0.1) is 18.2 Å². The molecule has 0 unspecified atom stereocenters. The maximum atomic E-state index is 8.74.